The van der Waals surface area contributed by atoms with Crippen molar-refractivity contribution in [2.24, 2.45) is 0 Å². The maximum atomic E-state index is 12.2. The van der Waals surface area contributed by atoms with E-state index in [0.717, 1.165) is 18.8 Å². The molecule has 0 aliphatic heterocycles. The topological polar surface area (TPSA) is 65.2 Å². The normalized spacial score (nSPS) is 10.3. The van der Waals surface area contributed by atoms with Gasteiger partial charge in [0.05, 0.1) is 0 Å². The minimum Gasteiger partial charge on any atom is -0.372 e. The first-order valence-electron chi connectivity index (χ1n) is 7.41. The number of carbonyl (C=O) groups excluding carboxylic acids is 1. The van der Waals surface area contributed by atoms with E-state index in [1.807, 2.05) is 24.3 Å². The molecule has 1 amide bonds. The van der Waals surface area contributed by atoms with E-state index in [0.29, 0.717) is 11.3 Å². The van der Waals surface area contributed by atoms with Crippen LogP contribution in [-0.4, -0.2) is 24.0 Å². The number of amides is 1. The van der Waals surface area contributed by atoms with Crippen molar-refractivity contribution >= 4 is 17.3 Å². The van der Waals surface area contributed by atoms with E-state index < -0.39 is 5.91 Å². The largest absolute Gasteiger partial charge is 0.372 e. The van der Waals surface area contributed by atoms with Crippen molar-refractivity contribution in [2.45, 2.75) is 20.8 Å². The van der Waals surface area contributed by atoms with Gasteiger partial charge in [-0.2, -0.15) is 0 Å². The minimum absolute atomic E-state index is 0.148. The molecule has 0 atom stereocenters. The van der Waals surface area contributed by atoms with Gasteiger partial charge in [0.2, 0.25) is 0 Å². The summed E-state index contributed by atoms with van der Waals surface area (Å²) < 4.78 is 0. The number of H-pyrrole nitrogens is 1. The number of rotatable bonds is 5. The zero-order chi connectivity index (χ0) is 16.1. The van der Waals surface area contributed by atoms with E-state index in [1.165, 1.54) is 6.20 Å². The number of aryl methyl sites for hydroxylation is 1. The van der Waals surface area contributed by atoms with E-state index in [-0.39, 0.29) is 11.1 Å². The Morgan fingerprint density at radius 3 is 2.32 bits per heavy atom. The standard InChI is InChI=1S/C17H21N3O2/c1-4-20(5-2)14-8-6-13(7-9-14)19-17(22)15-12(3)10-11-18-16(15)21/h6-11H,4-5H2,1-3H3,(H,18,21)(H,19,22). The van der Waals surface area contributed by atoms with Crippen molar-refractivity contribution in [1.82, 2.24) is 4.98 Å². The Hall–Kier alpha value is -2.56. The van der Waals surface area contributed by atoms with E-state index in [9.17, 15) is 9.59 Å². The molecule has 0 saturated heterocycles. The zero-order valence-electron chi connectivity index (χ0n) is 13.1. The quantitative estimate of drug-likeness (QED) is 0.892. The van der Waals surface area contributed by atoms with Crippen molar-refractivity contribution in [3.63, 3.8) is 0 Å². The summed E-state index contributed by atoms with van der Waals surface area (Å²) >= 11 is 0. The SMILES string of the molecule is CCN(CC)c1ccc(NC(=O)c2c(C)cc[nH]c2=O)cc1. The second-order valence-corrected chi connectivity index (χ2v) is 5.04. The fourth-order valence-corrected chi connectivity index (χ4v) is 2.40. The summed E-state index contributed by atoms with van der Waals surface area (Å²) in [5.41, 5.74) is 2.20. The van der Waals surface area contributed by atoms with Crippen LogP contribution in [0.25, 0.3) is 0 Å². The number of benzene rings is 1. The fourth-order valence-electron chi connectivity index (χ4n) is 2.40. The van der Waals surface area contributed by atoms with Crippen LogP contribution in [-0.2, 0) is 0 Å². The molecule has 5 heteroatoms. The fraction of sp³-hybridized carbons (Fsp3) is 0.294. The van der Waals surface area contributed by atoms with Gasteiger partial charge in [-0.1, -0.05) is 0 Å². The van der Waals surface area contributed by atoms with Crippen LogP contribution >= 0.6 is 0 Å². The highest BCUT2D eigenvalue weighted by molar-refractivity contribution is 6.05. The number of aromatic amines is 1. The first-order chi connectivity index (χ1) is 10.6. The van der Waals surface area contributed by atoms with Gasteiger partial charge in [0.25, 0.3) is 11.5 Å². The van der Waals surface area contributed by atoms with Crippen molar-refractivity contribution in [2.75, 3.05) is 23.3 Å². The van der Waals surface area contributed by atoms with Crippen molar-refractivity contribution in [1.29, 1.82) is 0 Å². The van der Waals surface area contributed by atoms with Gasteiger partial charge in [-0.25, -0.2) is 0 Å². The number of hydrogen-bond acceptors (Lipinski definition) is 3. The van der Waals surface area contributed by atoms with Crippen LogP contribution in [0.3, 0.4) is 0 Å². The van der Waals surface area contributed by atoms with Gasteiger partial charge in [-0.05, 0) is 56.7 Å². The van der Waals surface area contributed by atoms with E-state index >= 15 is 0 Å². The maximum absolute atomic E-state index is 12.2. The lowest BCUT2D eigenvalue weighted by Gasteiger charge is -2.21. The predicted molar refractivity (Wildman–Crippen MR) is 89.8 cm³/mol. The molecule has 0 spiro atoms. The third-order valence-corrected chi connectivity index (χ3v) is 3.65. The summed E-state index contributed by atoms with van der Waals surface area (Å²) in [6.07, 6.45) is 1.54. The zero-order valence-corrected chi connectivity index (χ0v) is 13.1. The molecule has 116 valence electrons. The van der Waals surface area contributed by atoms with Crippen LogP contribution in [0.2, 0.25) is 0 Å². The summed E-state index contributed by atoms with van der Waals surface area (Å²) in [7, 11) is 0. The molecular weight excluding hydrogens is 278 g/mol. The molecule has 0 bridgehead atoms. The highest BCUT2D eigenvalue weighted by Crippen LogP contribution is 2.18. The highest BCUT2D eigenvalue weighted by Gasteiger charge is 2.13. The van der Waals surface area contributed by atoms with Crippen LogP contribution in [0.1, 0.15) is 29.8 Å². The molecule has 0 unspecified atom stereocenters. The van der Waals surface area contributed by atoms with Crippen LogP contribution in [0.4, 0.5) is 11.4 Å². The molecule has 1 heterocycles. The second kappa shape index (κ2) is 6.93. The molecule has 0 aliphatic rings. The smallest absolute Gasteiger partial charge is 0.261 e. The number of nitrogens with zero attached hydrogens (tertiary/aromatic N) is 1. The molecule has 0 saturated carbocycles. The number of nitrogens with one attached hydrogen (secondary N) is 2. The Balaban J connectivity index is 2.17. The van der Waals surface area contributed by atoms with Crippen molar-refractivity contribution in [3.8, 4) is 0 Å². The first-order valence-corrected chi connectivity index (χ1v) is 7.41. The van der Waals surface area contributed by atoms with Crippen molar-refractivity contribution in [3.05, 3.63) is 58.0 Å². The Kier molecular flexibility index (Phi) is 4.99. The summed E-state index contributed by atoms with van der Waals surface area (Å²) in [5.74, 6) is -0.394. The lowest BCUT2D eigenvalue weighted by Crippen LogP contribution is -2.24. The Morgan fingerprint density at radius 1 is 1.14 bits per heavy atom. The van der Waals surface area contributed by atoms with Crippen LogP contribution in [0.15, 0.2) is 41.3 Å². The minimum atomic E-state index is -0.394. The molecular formula is C17H21N3O2. The van der Waals surface area contributed by atoms with Crippen LogP contribution in [0, 0.1) is 6.92 Å². The number of pyridine rings is 1. The van der Waals surface area contributed by atoms with E-state index in [2.05, 4.69) is 29.0 Å². The average Bonchev–Trinajstić information content (AvgIpc) is 2.50. The van der Waals surface area contributed by atoms with Crippen molar-refractivity contribution < 1.29 is 4.79 Å². The third kappa shape index (κ3) is 3.36. The van der Waals surface area contributed by atoms with E-state index in [4.69, 9.17) is 0 Å². The average molecular weight is 299 g/mol. The van der Waals surface area contributed by atoms with Gasteiger partial charge in [0.1, 0.15) is 5.56 Å². The van der Waals surface area contributed by atoms with Crippen LogP contribution < -0.4 is 15.8 Å². The summed E-state index contributed by atoms with van der Waals surface area (Å²) in [4.78, 5) is 28.8. The monoisotopic (exact) mass is 299 g/mol. The molecule has 2 N–H and O–H groups in total. The molecule has 0 fully saturated rings. The number of aromatic nitrogens is 1. The van der Waals surface area contributed by atoms with E-state index in [1.54, 1.807) is 13.0 Å². The number of hydrogen-bond donors (Lipinski definition) is 2. The molecule has 1 aromatic heterocycles. The molecule has 2 rings (SSSR count). The van der Waals surface area contributed by atoms with Gasteiger partial charge < -0.3 is 15.2 Å². The first kappa shape index (κ1) is 15.8. The Labute approximate surface area is 130 Å². The molecule has 0 radical (unpaired) electrons. The van der Waals surface area contributed by atoms with Gasteiger partial charge in [-0.15, -0.1) is 0 Å². The molecule has 0 aliphatic carbocycles. The summed E-state index contributed by atoms with van der Waals surface area (Å²) in [5, 5.41) is 2.76. The molecule has 5 nitrogen and oxygen atoms in total. The van der Waals surface area contributed by atoms with Gasteiger partial charge >= 0.3 is 0 Å². The number of carbonyl (C=O) groups is 1. The summed E-state index contributed by atoms with van der Waals surface area (Å²) in [6, 6.07) is 9.32. The molecule has 2 aromatic rings. The molecule has 22 heavy (non-hydrogen) atoms. The van der Waals surface area contributed by atoms with Gasteiger partial charge in [0.15, 0.2) is 0 Å². The Bertz CT molecular complexity index is 701. The molecule has 1 aromatic carbocycles. The summed E-state index contributed by atoms with van der Waals surface area (Å²) in [6.45, 7) is 7.81. The second-order valence-electron chi connectivity index (χ2n) is 5.04. The third-order valence-electron chi connectivity index (χ3n) is 3.65. The lowest BCUT2D eigenvalue weighted by molar-refractivity contribution is 0.102. The lowest BCUT2D eigenvalue weighted by atomic mass is 10.1. The Morgan fingerprint density at radius 2 is 1.77 bits per heavy atom. The number of anilines is 2. The highest BCUT2D eigenvalue weighted by atomic mass is 16.2. The van der Waals surface area contributed by atoms with Crippen LogP contribution in [0.5, 0.6) is 0 Å². The maximum Gasteiger partial charge on any atom is 0.261 e. The van der Waals surface area contributed by atoms with Gasteiger partial charge in [0, 0.05) is 30.7 Å². The predicted octanol–water partition coefficient (Wildman–Crippen LogP) is 2.78. The van der Waals surface area contributed by atoms with Gasteiger partial charge in [-0.3, -0.25) is 9.59 Å².